The number of sulfonamides is 1. The van der Waals surface area contributed by atoms with Crippen LogP contribution in [0.3, 0.4) is 0 Å². The number of nitrogens with zero attached hydrogens (tertiary/aromatic N) is 2. The van der Waals surface area contributed by atoms with Gasteiger partial charge in [0.05, 0.1) is 46.3 Å². The molecule has 10 nitrogen and oxygen atoms in total. The number of rotatable bonds is 12. The molecule has 0 aliphatic heterocycles. The Morgan fingerprint density at radius 2 is 1.38 bits per heavy atom. The highest BCUT2D eigenvalue weighted by Crippen LogP contribution is 2.39. The number of hydrogen-bond donors (Lipinski definition) is 0. The molecule has 0 heterocycles. The summed E-state index contributed by atoms with van der Waals surface area (Å²) in [6, 6.07) is 12.8. The minimum absolute atomic E-state index is 0.0815. The molecule has 0 N–H and O–H groups in total. The second kappa shape index (κ2) is 13.0. The van der Waals surface area contributed by atoms with E-state index in [4.69, 9.17) is 35.3 Å². The number of ether oxygens (including phenoxy) is 5. The standard InChI is InChI=1S/C28H33ClN2O8S/c1-18-8-10-23(36-4)26(12-18)40(33,34)31(20-9-11-22(35-3)21(29)15-20)17-27(32)30(2)16-19-13-24(37-5)28(39-7)25(14-19)38-6/h8-15H,16-17H2,1-7H3. The fraction of sp³-hybridized carbons (Fsp3) is 0.321. The highest BCUT2D eigenvalue weighted by Gasteiger charge is 2.31. The monoisotopic (exact) mass is 592 g/mol. The van der Waals surface area contributed by atoms with Gasteiger partial charge in [0, 0.05) is 13.6 Å². The molecular weight excluding hydrogens is 560 g/mol. The summed E-state index contributed by atoms with van der Waals surface area (Å²) in [5.41, 5.74) is 1.58. The molecule has 3 rings (SSSR count). The topological polar surface area (TPSA) is 104 Å². The number of anilines is 1. The maximum Gasteiger partial charge on any atom is 0.268 e. The van der Waals surface area contributed by atoms with Crippen LogP contribution in [0, 0.1) is 6.92 Å². The third-order valence-electron chi connectivity index (χ3n) is 6.16. The first-order valence-electron chi connectivity index (χ1n) is 12.0. The van der Waals surface area contributed by atoms with Crippen LogP contribution >= 0.6 is 11.6 Å². The molecule has 0 spiro atoms. The SMILES string of the molecule is COc1ccc(N(CC(=O)N(C)Cc2cc(OC)c(OC)c(OC)c2)S(=O)(=O)c2cc(C)ccc2OC)cc1Cl. The van der Waals surface area contributed by atoms with Crippen molar-refractivity contribution in [2.24, 2.45) is 0 Å². The molecule has 0 fully saturated rings. The smallest absolute Gasteiger partial charge is 0.268 e. The van der Waals surface area contributed by atoms with Crippen molar-refractivity contribution in [1.82, 2.24) is 4.90 Å². The number of hydrogen-bond acceptors (Lipinski definition) is 8. The van der Waals surface area contributed by atoms with E-state index in [1.165, 1.54) is 64.7 Å². The van der Waals surface area contributed by atoms with Gasteiger partial charge in [0.1, 0.15) is 22.9 Å². The van der Waals surface area contributed by atoms with E-state index in [9.17, 15) is 13.2 Å². The van der Waals surface area contributed by atoms with Gasteiger partial charge in [-0.3, -0.25) is 9.10 Å². The summed E-state index contributed by atoms with van der Waals surface area (Å²) in [6.07, 6.45) is 0. The first-order chi connectivity index (χ1) is 19.0. The van der Waals surface area contributed by atoms with E-state index in [-0.39, 0.29) is 27.9 Å². The predicted octanol–water partition coefficient (Wildman–Crippen LogP) is 4.55. The number of amides is 1. The molecule has 0 radical (unpaired) electrons. The van der Waals surface area contributed by atoms with Crippen LogP contribution in [0.1, 0.15) is 11.1 Å². The highest BCUT2D eigenvalue weighted by atomic mass is 35.5. The minimum Gasteiger partial charge on any atom is -0.495 e. The Hall–Kier alpha value is -3.83. The number of benzene rings is 3. The van der Waals surface area contributed by atoms with E-state index in [1.807, 2.05) is 0 Å². The van der Waals surface area contributed by atoms with E-state index in [1.54, 1.807) is 38.2 Å². The molecule has 0 unspecified atom stereocenters. The quantitative estimate of drug-likeness (QED) is 0.302. The first-order valence-corrected chi connectivity index (χ1v) is 13.9. The summed E-state index contributed by atoms with van der Waals surface area (Å²) in [6.45, 7) is 1.40. The summed E-state index contributed by atoms with van der Waals surface area (Å²) < 4.78 is 55.8. The van der Waals surface area contributed by atoms with Crippen LogP contribution in [0.25, 0.3) is 0 Å². The van der Waals surface area contributed by atoms with Crippen LogP contribution < -0.4 is 28.0 Å². The Labute approximate surface area is 240 Å². The molecule has 0 saturated carbocycles. The molecule has 1 amide bonds. The van der Waals surface area contributed by atoms with Crippen LogP contribution in [0.5, 0.6) is 28.7 Å². The van der Waals surface area contributed by atoms with Crippen molar-refractivity contribution in [2.45, 2.75) is 18.4 Å². The fourth-order valence-electron chi connectivity index (χ4n) is 4.06. The fourth-order valence-corrected chi connectivity index (χ4v) is 5.96. The molecule has 0 saturated heterocycles. The molecule has 0 aliphatic carbocycles. The molecule has 0 atom stereocenters. The average Bonchev–Trinajstić information content (AvgIpc) is 2.94. The van der Waals surface area contributed by atoms with Crippen molar-refractivity contribution in [3.8, 4) is 28.7 Å². The third kappa shape index (κ3) is 6.48. The van der Waals surface area contributed by atoms with Gasteiger partial charge in [-0.2, -0.15) is 0 Å². The number of carbonyl (C=O) groups is 1. The van der Waals surface area contributed by atoms with Crippen molar-refractivity contribution in [3.63, 3.8) is 0 Å². The normalized spacial score (nSPS) is 11.0. The van der Waals surface area contributed by atoms with Gasteiger partial charge in [0.25, 0.3) is 10.0 Å². The lowest BCUT2D eigenvalue weighted by Gasteiger charge is -2.28. The molecule has 3 aromatic rings. The van der Waals surface area contributed by atoms with E-state index >= 15 is 0 Å². The van der Waals surface area contributed by atoms with Crippen molar-refractivity contribution in [1.29, 1.82) is 0 Å². The third-order valence-corrected chi connectivity index (χ3v) is 8.25. The van der Waals surface area contributed by atoms with E-state index in [0.29, 0.717) is 34.1 Å². The maximum atomic E-state index is 14.0. The minimum atomic E-state index is -4.28. The Bertz CT molecular complexity index is 1450. The lowest BCUT2D eigenvalue weighted by Crippen LogP contribution is -2.41. The van der Waals surface area contributed by atoms with Gasteiger partial charge < -0.3 is 28.6 Å². The maximum absolute atomic E-state index is 14.0. The molecule has 12 heteroatoms. The zero-order valence-corrected chi connectivity index (χ0v) is 25.1. The van der Waals surface area contributed by atoms with Crippen LogP contribution in [0.15, 0.2) is 53.4 Å². The molecule has 40 heavy (non-hydrogen) atoms. The van der Waals surface area contributed by atoms with Gasteiger partial charge in [0.2, 0.25) is 11.7 Å². The van der Waals surface area contributed by atoms with Gasteiger partial charge >= 0.3 is 0 Å². The molecule has 216 valence electrons. The van der Waals surface area contributed by atoms with Crippen molar-refractivity contribution >= 4 is 33.2 Å². The van der Waals surface area contributed by atoms with Crippen molar-refractivity contribution in [2.75, 3.05) is 53.4 Å². The van der Waals surface area contributed by atoms with E-state index < -0.39 is 22.5 Å². The van der Waals surface area contributed by atoms with Crippen molar-refractivity contribution < 1.29 is 36.9 Å². The molecule has 0 aromatic heterocycles. The number of methoxy groups -OCH3 is 5. The zero-order valence-electron chi connectivity index (χ0n) is 23.5. The number of carbonyl (C=O) groups excluding carboxylic acids is 1. The van der Waals surface area contributed by atoms with Gasteiger partial charge in [-0.15, -0.1) is 0 Å². The predicted molar refractivity (Wildman–Crippen MR) is 153 cm³/mol. The van der Waals surface area contributed by atoms with E-state index in [2.05, 4.69) is 0 Å². The van der Waals surface area contributed by atoms with Gasteiger partial charge in [-0.05, 0) is 60.5 Å². The molecule has 0 bridgehead atoms. The molecule has 0 aliphatic rings. The van der Waals surface area contributed by atoms with Crippen LogP contribution in [-0.4, -0.2) is 68.4 Å². The van der Waals surface area contributed by atoms with Gasteiger partial charge in [-0.25, -0.2) is 8.42 Å². The summed E-state index contributed by atoms with van der Waals surface area (Å²) in [7, 11) is 4.62. The lowest BCUT2D eigenvalue weighted by molar-refractivity contribution is -0.128. The Kier molecular flexibility index (Phi) is 9.99. The summed E-state index contributed by atoms with van der Waals surface area (Å²) in [5, 5.41) is 0.189. The molecular formula is C28H33ClN2O8S. The van der Waals surface area contributed by atoms with Gasteiger partial charge in [-0.1, -0.05) is 17.7 Å². The summed E-state index contributed by atoms with van der Waals surface area (Å²) in [4.78, 5) is 14.8. The largest absolute Gasteiger partial charge is 0.495 e. The van der Waals surface area contributed by atoms with Crippen LogP contribution in [0.4, 0.5) is 5.69 Å². The number of likely N-dealkylation sites (N-methyl/N-ethyl adjacent to an activating group) is 1. The van der Waals surface area contributed by atoms with Crippen LogP contribution in [-0.2, 0) is 21.4 Å². The average molecular weight is 593 g/mol. The second-order valence-corrected chi connectivity index (χ2v) is 11.0. The van der Waals surface area contributed by atoms with Crippen LogP contribution in [0.2, 0.25) is 5.02 Å². The van der Waals surface area contributed by atoms with Gasteiger partial charge in [0.15, 0.2) is 11.5 Å². The number of halogens is 1. The molecule has 3 aromatic carbocycles. The van der Waals surface area contributed by atoms with Crippen molar-refractivity contribution in [3.05, 3.63) is 64.7 Å². The zero-order chi connectivity index (χ0) is 29.6. The van der Waals surface area contributed by atoms with E-state index in [0.717, 1.165) is 4.31 Å². The highest BCUT2D eigenvalue weighted by molar-refractivity contribution is 7.93. The lowest BCUT2D eigenvalue weighted by atomic mass is 10.1. The Balaban J connectivity index is 2.02. The first kappa shape index (κ1) is 30.7. The Morgan fingerprint density at radius 1 is 0.800 bits per heavy atom. The summed E-state index contributed by atoms with van der Waals surface area (Å²) >= 11 is 6.34. The summed E-state index contributed by atoms with van der Waals surface area (Å²) in [5.74, 6) is 1.32. The number of aryl methyl sites for hydroxylation is 1. The second-order valence-electron chi connectivity index (χ2n) is 8.77. The Morgan fingerprint density at radius 3 is 1.90 bits per heavy atom.